The van der Waals surface area contributed by atoms with Crippen molar-refractivity contribution >= 4 is 46.1 Å². The average Bonchev–Trinajstić information content (AvgIpc) is 3.13. The number of anilines is 1. The molecule has 1 aromatic carbocycles. The van der Waals surface area contributed by atoms with Crippen molar-refractivity contribution in [1.29, 1.82) is 5.26 Å². The van der Waals surface area contributed by atoms with Gasteiger partial charge in [0.2, 0.25) is 0 Å². The molecule has 36 heavy (non-hydrogen) atoms. The number of nitrogens with zero attached hydrogens (tertiary/aromatic N) is 4. The first kappa shape index (κ1) is 26.2. The van der Waals surface area contributed by atoms with E-state index in [-0.39, 0.29) is 17.0 Å². The summed E-state index contributed by atoms with van der Waals surface area (Å²) < 4.78 is 2.28. The Morgan fingerprint density at radius 1 is 1.22 bits per heavy atom. The van der Waals surface area contributed by atoms with Crippen LogP contribution in [-0.4, -0.2) is 39.3 Å². The Kier molecular flexibility index (Phi) is 8.32. The Morgan fingerprint density at radius 2 is 1.97 bits per heavy atom. The van der Waals surface area contributed by atoms with Gasteiger partial charge in [0.25, 0.3) is 11.5 Å². The number of carbonyl (C=O) groups is 1. The Hall–Kier alpha value is -2.89. The van der Waals surface area contributed by atoms with Gasteiger partial charge in [0.15, 0.2) is 0 Å². The summed E-state index contributed by atoms with van der Waals surface area (Å²) in [6.07, 6.45) is 5.54. The minimum Gasteiger partial charge on any atom is -0.357 e. The summed E-state index contributed by atoms with van der Waals surface area (Å²) in [4.78, 5) is 31.2. The van der Waals surface area contributed by atoms with Crippen LogP contribution in [0, 0.1) is 24.2 Å². The van der Waals surface area contributed by atoms with Gasteiger partial charge in [0, 0.05) is 31.7 Å². The summed E-state index contributed by atoms with van der Waals surface area (Å²) in [6, 6.07) is 12.2. The topological polar surface area (TPSA) is 69.3 Å². The first-order valence-corrected chi connectivity index (χ1v) is 13.8. The molecule has 8 heteroatoms. The van der Waals surface area contributed by atoms with Gasteiger partial charge < -0.3 is 4.90 Å². The maximum Gasteiger partial charge on any atom is 0.270 e. The first-order valence-electron chi connectivity index (χ1n) is 12.6. The second-order valence-corrected chi connectivity index (χ2v) is 11.2. The van der Waals surface area contributed by atoms with Crippen LogP contribution >= 0.6 is 24.0 Å². The van der Waals surface area contributed by atoms with Gasteiger partial charge in [0.1, 0.15) is 21.8 Å². The van der Waals surface area contributed by atoms with Gasteiger partial charge in [-0.15, -0.1) is 0 Å². The smallest absolute Gasteiger partial charge is 0.270 e. The van der Waals surface area contributed by atoms with Crippen molar-refractivity contribution < 1.29 is 4.79 Å². The Balaban J connectivity index is 1.77. The summed E-state index contributed by atoms with van der Waals surface area (Å²) in [5, 5.41) is 9.84. The van der Waals surface area contributed by atoms with Crippen molar-refractivity contribution in [3.8, 4) is 6.07 Å². The molecule has 1 atom stereocenters. The molecule has 0 saturated carbocycles. The van der Waals surface area contributed by atoms with Gasteiger partial charge in [-0.2, -0.15) is 5.26 Å². The first-order chi connectivity index (χ1) is 17.3. The van der Waals surface area contributed by atoms with Crippen LogP contribution in [0.3, 0.4) is 0 Å². The highest BCUT2D eigenvalue weighted by Crippen LogP contribution is 2.37. The molecular formula is C28H32N4O2S2. The van der Waals surface area contributed by atoms with Crippen LogP contribution in [0.4, 0.5) is 5.82 Å². The largest absolute Gasteiger partial charge is 0.357 e. The third-order valence-electron chi connectivity index (χ3n) is 6.87. The minimum atomic E-state index is -0.252. The van der Waals surface area contributed by atoms with E-state index in [9.17, 15) is 14.9 Å². The molecule has 3 heterocycles. The standard InChI is InChI=1S/C28H32N4O2S2/c1-4-13-31-25(30-14-8-9-19(2)18-30)22(20(3)23(17-29)26(31)33)16-24-27(34)32(28(35)36-24)15-12-21-10-6-5-7-11-21/h5-7,10-11,16,19H,4,8-9,12-15,18H2,1-3H3. The van der Waals surface area contributed by atoms with Crippen molar-refractivity contribution in [2.45, 2.75) is 53.0 Å². The Bertz CT molecular complexity index is 1290. The van der Waals surface area contributed by atoms with Gasteiger partial charge in [0.05, 0.1) is 4.91 Å². The highest BCUT2D eigenvalue weighted by Gasteiger charge is 2.33. The lowest BCUT2D eigenvalue weighted by atomic mass is 9.98. The monoisotopic (exact) mass is 520 g/mol. The fourth-order valence-electron chi connectivity index (χ4n) is 5.01. The van der Waals surface area contributed by atoms with Crippen molar-refractivity contribution in [1.82, 2.24) is 9.47 Å². The van der Waals surface area contributed by atoms with Crippen molar-refractivity contribution in [2.24, 2.45) is 5.92 Å². The highest BCUT2D eigenvalue weighted by atomic mass is 32.2. The molecular weight excluding hydrogens is 488 g/mol. The fraction of sp³-hybridized carbons (Fsp3) is 0.429. The fourth-order valence-corrected chi connectivity index (χ4v) is 6.30. The number of carbonyl (C=O) groups excluding carboxylic acids is 1. The quantitative estimate of drug-likeness (QED) is 0.373. The summed E-state index contributed by atoms with van der Waals surface area (Å²) in [7, 11) is 0. The zero-order chi connectivity index (χ0) is 25.8. The minimum absolute atomic E-state index is 0.120. The summed E-state index contributed by atoms with van der Waals surface area (Å²) in [6.45, 7) is 8.79. The van der Waals surface area contributed by atoms with Crippen LogP contribution in [-0.2, 0) is 17.8 Å². The van der Waals surface area contributed by atoms with E-state index in [0.29, 0.717) is 33.8 Å². The van der Waals surface area contributed by atoms with E-state index >= 15 is 0 Å². The lowest BCUT2D eigenvalue weighted by Crippen LogP contribution is -2.40. The van der Waals surface area contributed by atoms with Crippen molar-refractivity contribution in [3.63, 3.8) is 0 Å². The van der Waals surface area contributed by atoms with Crippen LogP contribution in [0.25, 0.3) is 6.08 Å². The number of piperidine rings is 1. The van der Waals surface area contributed by atoms with Gasteiger partial charge in [-0.25, -0.2) is 0 Å². The molecule has 4 rings (SSSR count). The number of nitriles is 1. The predicted molar refractivity (Wildman–Crippen MR) is 151 cm³/mol. The van der Waals surface area contributed by atoms with E-state index < -0.39 is 0 Å². The molecule has 0 aliphatic carbocycles. The molecule has 2 aliphatic heterocycles. The van der Waals surface area contributed by atoms with Crippen molar-refractivity contribution in [3.05, 3.63) is 67.8 Å². The molecule has 1 amide bonds. The van der Waals surface area contributed by atoms with E-state index in [4.69, 9.17) is 12.2 Å². The number of amides is 1. The molecule has 2 aromatic rings. The zero-order valence-electron chi connectivity index (χ0n) is 21.1. The lowest BCUT2D eigenvalue weighted by molar-refractivity contribution is -0.122. The number of aromatic nitrogens is 1. The van der Waals surface area contributed by atoms with Crippen LogP contribution in [0.2, 0.25) is 0 Å². The van der Waals surface area contributed by atoms with E-state index in [2.05, 4.69) is 17.9 Å². The SMILES string of the molecule is CCCn1c(N2CCCC(C)C2)c(C=C2SC(=S)N(CCc3ccccc3)C2=O)c(C)c(C#N)c1=O. The third-order valence-corrected chi connectivity index (χ3v) is 8.24. The molecule has 1 unspecified atom stereocenters. The van der Waals surface area contributed by atoms with Gasteiger partial charge in [-0.05, 0) is 55.7 Å². The number of thiocarbonyl (C=S) groups is 1. The van der Waals surface area contributed by atoms with E-state index in [1.165, 1.54) is 11.8 Å². The van der Waals surface area contributed by atoms with Crippen LogP contribution in [0.1, 0.15) is 55.4 Å². The lowest BCUT2D eigenvalue weighted by Gasteiger charge is -2.36. The predicted octanol–water partition coefficient (Wildman–Crippen LogP) is 5.12. The molecule has 0 N–H and O–H groups in total. The van der Waals surface area contributed by atoms with Gasteiger partial charge in [-0.1, -0.05) is 68.2 Å². The molecule has 188 valence electrons. The summed E-state index contributed by atoms with van der Waals surface area (Å²) in [5.74, 6) is 1.20. The molecule has 2 fully saturated rings. The number of pyridine rings is 1. The molecule has 2 saturated heterocycles. The van der Waals surface area contributed by atoms with E-state index in [0.717, 1.165) is 55.7 Å². The molecule has 0 bridgehead atoms. The number of hydrogen-bond donors (Lipinski definition) is 0. The van der Waals surface area contributed by atoms with Gasteiger partial charge >= 0.3 is 0 Å². The molecule has 0 radical (unpaired) electrons. The second-order valence-electron chi connectivity index (χ2n) is 9.57. The zero-order valence-corrected chi connectivity index (χ0v) is 22.8. The summed E-state index contributed by atoms with van der Waals surface area (Å²) >= 11 is 6.87. The van der Waals surface area contributed by atoms with E-state index in [1.807, 2.05) is 50.3 Å². The Morgan fingerprint density at radius 3 is 2.64 bits per heavy atom. The maximum atomic E-state index is 13.4. The third kappa shape index (κ3) is 5.28. The number of thioether (sulfide) groups is 1. The molecule has 1 aromatic heterocycles. The average molecular weight is 521 g/mol. The molecule has 0 spiro atoms. The van der Waals surface area contributed by atoms with Crippen LogP contribution in [0.5, 0.6) is 0 Å². The highest BCUT2D eigenvalue weighted by molar-refractivity contribution is 8.26. The number of rotatable bonds is 7. The van der Waals surface area contributed by atoms with Gasteiger partial charge in [-0.3, -0.25) is 19.1 Å². The molecule has 6 nitrogen and oxygen atoms in total. The van der Waals surface area contributed by atoms with Crippen LogP contribution < -0.4 is 10.5 Å². The number of benzene rings is 1. The van der Waals surface area contributed by atoms with Crippen LogP contribution in [0.15, 0.2) is 40.0 Å². The normalized spacial score (nSPS) is 19.3. The molecule has 2 aliphatic rings. The Labute approximate surface area is 222 Å². The van der Waals surface area contributed by atoms with Crippen molar-refractivity contribution in [2.75, 3.05) is 24.5 Å². The maximum absolute atomic E-state index is 13.4. The second kappa shape index (κ2) is 11.4. The summed E-state index contributed by atoms with van der Waals surface area (Å²) in [5.41, 5.74) is 2.44. The van der Waals surface area contributed by atoms with E-state index in [1.54, 1.807) is 9.47 Å². The number of hydrogen-bond acceptors (Lipinski definition) is 6.